The van der Waals surface area contributed by atoms with E-state index in [4.69, 9.17) is 5.73 Å². The standard InChI is InChI=1S/C24H30N10O/c1-33(2)23-22(27-9-10-28-23)31-18-11-20(30-13-17(18)21(25)35)32-19-4-3-16(12-29-19)34-14-24(15-34)5-7-26-8-6-24/h3-4,9-13,26H,5-8,14-15H2,1-2H3,(H2,25,35)(H2,27,29,30,31,32). The van der Waals surface area contributed by atoms with E-state index in [2.05, 4.69) is 46.9 Å². The Morgan fingerprint density at radius 2 is 1.77 bits per heavy atom. The number of hydrogen-bond acceptors (Lipinski definition) is 10. The highest BCUT2D eigenvalue weighted by atomic mass is 16.1. The van der Waals surface area contributed by atoms with Gasteiger partial charge in [0.2, 0.25) is 0 Å². The number of anilines is 6. The minimum atomic E-state index is -0.592. The van der Waals surface area contributed by atoms with E-state index in [1.165, 1.54) is 19.0 Å². The third-order valence-electron chi connectivity index (χ3n) is 6.61. The predicted octanol–water partition coefficient (Wildman–Crippen LogP) is 2.11. The van der Waals surface area contributed by atoms with Gasteiger partial charge in [0.05, 0.1) is 23.1 Å². The van der Waals surface area contributed by atoms with Crippen molar-refractivity contribution in [2.75, 3.05) is 60.7 Å². The first-order valence-corrected chi connectivity index (χ1v) is 11.7. The van der Waals surface area contributed by atoms with Gasteiger partial charge in [-0.1, -0.05) is 0 Å². The maximum absolute atomic E-state index is 12.0. The number of nitrogens with two attached hydrogens (primary N) is 1. The molecule has 2 aliphatic rings. The van der Waals surface area contributed by atoms with Crippen LogP contribution in [0.25, 0.3) is 0 Å². The third kappa shape index (κ3) is 4.80. The summed E-state index contributed by atoms with van der Waals surface area (Å²) in [6.45, 7) is 4.40. The molecule has 0 atom stereocenters. The highest BCUT2D eigenvalue weighted by Gasteiger charge is 2.43. The third-order valence-corrected chi connectivity index (χ3v) is 6.61. The second-order valence-corrected chi connectivity index (χ2v) is 9.36. The lowest BCUT2D eigenvalue weighted by Gasteiger charge is -2.53. The Labute approximate surface area is 204 Å². The first-order chi connectivity index (χ1) is 16.9. The van der Waals surface area contributed by atoms with Crippen LogP contribution >= 0.6 is 0 Å². The van der Waals surface area contributed by atoms with Gasteiger partial charge in [-0.3, -0.25) is 4.79 Å². The van der Waals surface area contributed by atoms with E-state index >= 15 is 0 Å². The zero-order valence-electron chi connectivity index (χ0n) is 20.0. The van der Waals surface area contributed by atoms with Crippen LogP contribution in [-0.2, 0) is 0 Å². The fraction of sp³-hybridized carbons (Fsp3) is 0.375. The van der Waals surface area contributed by atoms with Crippen molar-refractivity contribution < 1.29 is 4.79 Å². The molecule has 1 spiro atoms. The lowest BCUT2D eigenvalue weighted by molar-refractivity contribution is 0.100. The first-order valence-electron chi connectivity index (χ1n) is 11.7. The lowest BCUT2D eigenvalue weighted by atomic mass is 9.72. The summed E-state index contributed by atoms with van der Waals surface area (Å²) in [7, 11) is 3.73. The highest BCUT2D eigenvalue weighted by Crippen LogP contribution is 2.41. The first kappa shape index (κ1) is 22.8. The predicted molar refractivity (Wildman–Crippen MR) is 137 cm³/mol. The molecular formula is C24H30N10O. The van der Waals surface area contributed by atoms with Crippen LogP contribution in [0.4, 0.5) is 34.6 Å². The molecule has 5 N–H and O–H groups in total. The minimum absolute atomic E-state index is 0.249. The Hall–Kier alpha value is -3.99. The number of carbonyl (C=O) groups excluding carboxylic acids is 1. The summed E-state index contributed by atoms with van der Waals surface area (Å²) < 4.78 is 0. The normalized spacial score (nSPS) is 16.5. The molecule has 0 aromatic carbocycles. The molecule has 2 fully saturated rings. The molecule has 0 unspecified atom stereocenters. The van der Waals surface area contributed by atoms with Crippen molar-refractivity contribution in [2.24, 2.45) is 11.1 Å². The topological polar surface area (TPSA) is 137 Å². The summed E-state index contributed by atoms with van der Waals surface area (Å²) in [5.74, 6) is 1.71. The molecule has 35 heavy (non-hydrogen) atoms. The Morgan fingerprint density at radius 1 is 1.03 bits per heavy atom. The summed E-state index contributed by atoms with van der Waals surface area (Å²) in [5.41, 5.74) is 7.89. The van der Waals surface area contributed by atoms with E-state index in [1.54, 1.807) is 18.5 Å². The number of amides is 1. The zero-order valence-corrected chi connectivity index (χ0v) is 20.0. The molecule has 3 aromatic rings. The van der Waals surface area contributed by atoms with Crippen LogP contribution in [0.5, 0.6) is 0 Å². The van der Waals surface area contributed by atoms with Crippen molar-refractivity contribution in [3.05, 3.63) is 48.5 Å². The fourth-order valence-electron chi connectivity index (χ4n) is 4.69. The monoisotopic (exact) mass is 474 g/mol. The molecule has 5 rings (SSSR count). The van der Waals surface area contributed by atoms with E-state index in [-0.39, 0.29) is 5.56 Å². The van der Waals surface area contributed by atoms with E-state index in [0.717, 1.165) is 31.9 Å². The summed E-state index contributed by atoms with van der Waals surface area (Å²) in [6, 6.07) is 5.72. The smallest absolute Gasteiger partial charge is 0.252 e. The Bertz CT molecular complexity index is 1200. The van der Waals surface area contributed by atoms with Crippen LogP contribution in [0.15, 0.2) is 43.0 Å². The zero-order chi connectivity index (χ0) is 24.4. The lowest BCUT2D eigenvalue weighted by Crippen LogP contribution is -2.60. The summed E-state index contributed by atoms with van der Waals surface area (Å²) in [6.07, 6.45) is 8.99. The number of nitrogens with zero attached hydrogens (tertiary/aromatic N) is 6. The van der Waals surface area contributed by atoms with E-state index < -0.39 is 5.91 Å². The molecule has 3 aromatic heterocycles. The molecule has 182 valence electrons. The summed E-state index contributed by atoms with van der Waals surface area (Å²) >= 11 is 0. The maximum atomic E-state index is 12.0. The van der Waals surface area contributed by atoms with Gasteiger partial charge in [-0.25, -0.2) is 19.9 Å². The fourth-order valence-corrected chi connectivity index (χ4v) is 4.69. The molecule has 0 radical (unpaired) electrons. The minimum Gasteiger partial charge on any atom is -0.369 e. The van der Waals surface area contributed by atoms with Crippen LogP contribution in [0.2, 0.25) is 0 Å². The van der Waals surface area contributed by atoms with Crippen LogP contribution in [0.1, 0.15) is 23.2 Å². The number of aromatic nitrogens is 4. The number of pyridine rings is 2. The Balaban J connectivity index is 1.30. The van der Waals surface area contributed by atoms with E-state index in [0.29, 0.717) is 34.4 Å². The van der Waals surface area contributed by atoms with Crippen molar-refractivity contribution >= 4 is 40.6 Å². The molecular weight excluding hydrogens is 444 g/mol. The van der Waals surface area contributed by atoms with Gasteiger partial charge >= 0.3 is 0 Å². The number of nitrogens with one attached hydrogen (secondary N) is 3. The van der Waals surface area contributed by atoms with Gasteiger partial charge in [0.1, 0.15) is 11.6 Å². The van der Waals surface area contributed by atoms with Crippen LogP contribution in [-0.4, -0.2) is 66.1 Å². The van der Waals surface area contributed by atoms with Crippen molar-refractivity contribution in [1.29, 1.82) is 0 Å². The van der Waals surface area contributed by atoms with Crippen molar-refractivity contribution in [2.45, 2.75) is 12.8 Å². The second kappa shape index (κ2) is 9.34. The van der Waals surface area contributed by atoms with Crippen LogP contribution in [0, 0.1) is 5.41 Å². The molecule has 0 aliphatic carbocycles. The molecule has 0 saturated carbocycles. The van der Waals surface area contributed by atoms with Gasteiger partial charge in [0.15, 0.2) is 11.6 Å². The van der Waals surface area contributed by atoms with E-state index in [1.807, 2.05) is 31.3 Å². The largest absolute Gasteiger partial charge is 0.369 e. The van der Waals surface area contributed by atoms with Gasteiger partial charge in [-0.2, -0.15) is 0 Å². The van der Waals surface area contributed by atoms with Crippen molar-refractivity contribution in [1.82, 2.24) is 25.3 Å². The van der Waals surface area contributed by atoms with E-state index in [9.17, 15) is 4.79 Å². The van der Waals surface area contributed by atoms with Crippen LogP contribution < -0.4 is 31.5 Å². The Kier molecular flexibility index (Phi) is 6.08. The molecule has 5 heterocycles. The van der Waals surface area contributed by atoms with Crippen LogP contribution in [0.3, 0.4) is 0 Å². The molecule has 2 saturated heterocycles. The SMILES string of the molecule is CN(C)c1nccnc1Nc1cc(Nc2ccc(N3CC4(CCNCC4)C3)cn2)ncc1C(N)=O. The summed E-state index contributed by atoms with van der Waals surface area (Å²) in [4.78, 5) is 33.8. The summed E-state index contributed by atoms with van der Waals surface area (Å²) in [5, 5.41) is 9.82. The number of piperidine rings is 1. The number of rotatable bonds is 7. The number of carbonyl (C=O) groups is 1. The average molecular weight is 475 g/mol. The molecule has 2 aliphatic heterocycles. The quantitative estimate of drug-likeness (QED) is 0.403. The molecule has 0 bridgehead atoms. The van der Waals surface area contributed by atoms with Gasteiger partial charge < -0.3 is 31.5 Å². The highest BCUT2D eigenvalue weighted by molar-refractivity contribution is 5.99. The second-order valence-electron chi connectivity index (χ2n) is 9.36. The van der Waals surface area contributed by atoms with Gasteiger partial charge in [-0.15, -0.1) is 0 Å². The Morgan fingerprint density at radius 3 is 2.46 bits per heavy atom. The van der Waals surface area contributed by atoms with Crippen molar-refractivity contribution in [3.63, 3.8) is 0 Å². The van der Waals surface area contributed by atoms with Gasteiger partial charge in [0.25, 0.3) is 5.91 Å². The molecule has 11 heteroatoms. The average Bonchev–Trinajstić information content (AvgIpc) is 2.84. The molecule has 11 nitrogen and oxygen atoms in total. The van der Waals surface area contributed by atoms with Gasteiger partial charge in [-0.05, 0) is 38.1 Å². The number of primary amides is 1. The molecule has 1 amide bonds. The number of hydrogen-bond donors (Lipinski definition) is 4. The van der Waals surface area contributed by atoms with Crippen molar-refractivity contribution in [3.8, 4) is 0 Å². The maximum Gasteiger partial charge on any atom is 0.252 e. The van der Waals surface area contributed by atoms with Gasteiger partial charge in [0, 0.05) is 57.3 Å².